The summed E-state index contributed by atoms with van der Waals surface area (Å²) in [6.07, 6.45) is -1.21. The van der Waals surface area contributed by atoms with Crippen molar-refractivity contribution in [2.24, 2.45) is 11.8 Å². The Morgan fingerprint density at radius 1 is 1.00 bits per heavy atom. The highest BCUT2D eigenvalue weighted by Crippen LogP contribution is 2.47. The summed E-state index contributed by atoms with van der Waals surface area (Å²) in [5.74, 6) is -0.0793. The highest BCUT2D eigenvalue weighted by molar-refractivity contribution is 5.84. The van der Waals surface area contributed by atoms with Crippen LogP contribution in [0.25, 0.3) is 11.0 Å². The second kappa shape index (κ2) is 8.73. The average Bonchev–Trinajstić information content (AvgIpc) is 2.99. The zero-order chi connectivity index (χ0) is 22.9. The molecule has 1 aliphatic heterocycles. The molecule has 2 heterocycles. The summed E-state index contributed by atoms with van der Waals surface area (Å²) < 4.78 is 23.2. The molecule has 0 radical (unpaired) electrons. The first kappa shape index (κ1) is 22.8. The molecule has 0 fully saturated rings. The summed E-state index contributed by atoms with van der Waals surface area (Å²) in [6.45, 7) is 11.2. The lowest BCUT2D eigenvalue weighted by molar-refractivity contribution is -0.178. The molecule has 3 rings (SSSR count). The van der Waals surface area contributed by atoms with Crippen LogP contribution in [0, 0.1) is 11.8 Å². The van der Waals surface area contributed by atoms with Crippen LogP contribution in [0.5, 0.6) is 5.75 Å². The van der Waals surface area contributed by atoms with E-state index in [1.807, 2.05) is 27.7 Å². The second-order valence-electron chi connectivity index (χ2n) is 9.37. The molecule has 1 aromatic heterocycles. The van der Waals surface area contributed by atoms with E-state index >= 15 is 0 Å². The molecule has 31 heavy (non-hydrogen) atoms. The van der Waals surface area contributed by atoms with E-state index in [0.717, 1.165) is 0 Å². The highest BCUT2D eigenvalue weighted by atomic mass is 16.6. The Balaban J connectivity index is 2.03. The monoisotopic (exact) mass is 430 g/mol. The van der Waals surface area contributed by atoms with E-state index in [9.17, 15) is 14.4 Å². The molecule has 0 N–H and O–H groups in total. The van der Waals surface area contributed by atoms with E-state index in [-0.39, 0.29) is 30.6 Å². The molecule has 1 aliphatic rings. The number of hydrogen-bond donors (Lipinski definition) is 0. The van der Waals surface area contributed by atoms with Crippen LogP contribution in [-0.2, 0) is 19.1 Å². The number of ether oxygens (including phenoxy) is 3. The van der Waals surface area contributed by atoms with Gasteiger partial charge in [-0.25, -0.2) is 4.79 Å². The van der Waals surface area contributed by atoms with Crippen molar-refractivity contribution in [1.82, 2.24) is 0 Å². The smallest absolute Gasteiger partial charge is 0.336 e. The van der Waals surface area contributed by atoms with Crippen molar-refractivity contribution in [1.29, 1.82) is 0 Å². The third kappa shape index (κ3) is 5.09. The van der Waals surface area contributed by atoms with Crippen molar-refractivity contribution in [3.8, 4) is 5.75 Å². The van der Waals surface area contributed by atoms with Crippen molar-refractivity contribution in [2.75, 3.05) is 0 Å². The maximum absolute atomic E-state index is 12.6. The Labute approximate surface area is 181 Å². The van der Waals surface area contributed by atoms with Gasteiger partial charge in [-0.1, -0.05) is 27.7 Å². The van der Waals surface area contributed by atoms with Crippen molar-refractivity contribution in [3.05, 3.63) is 40.2 Å². The summed E-state index contributed by atoms with van der Waals surface area (Å²) in [5.41, 5.74) is -0.835. The minimum Gasteiger partial charge on any atom is -0.481 e. The number of esters is 2. The van der Waals surface area contributed by atoms with Gasteiger partial charge in [0, 0.05) is 24.3 Å². The van der Waals surface area contributed by atoms with Crippen molar-refractivity contribution < 1.29 is 28.2 Å². The maximum atomic E-state index is 12.6. The van der Waals surface area contributed by atoms with Gasteiger partial charge in [0.1, 0.15) is 16.9 Å². The topological polar surface area (TPSA) is 92.0 Å². The fourth-order valence-electron chi connectivity index (χ4n) is 3.73. The predicted molar refractivity (Wildman–Crippen MR) is 115 cm³/mol. The minimum atomic E-state index is -1.10. The summed E-state index contributed by atoms with van der Waals surface area (Å²) in [7, 11) is 0. The summed E-state index contributed by atoms with van der Waals surface area (Å²) >= 11 is 0. The number of rotatable bonds is 7. The van der Waals surface area contributed by atoms with Crippen LogP contribution in [0.1, 0.15) is 66.1 Å². The molecule has 0 aliphatic carbocycles. The maximum Gasteiger partial charge on any atom is 0.336 e. The number of fused-ring (bicyclic) bond motifs is 3. The SMILES string of the molecule is CC(C)CC(=O)OC1c2c(ccc3ccc(=O)oc23)O[C@@H]1C(C)(C)OC(=O)CC(C)C. The molecule has 0 spiro atoms. The molecular weight excluding hydrogens is 400 g/mol. The fraction of sp³-hybridized carbons (Fsp3) is 0.542. The third-order valence-corrected chi connectivity index (χ3v) is 5.07. The van der Waals surface area contributed by atoms with Crippen LogP contribution in [0.2, 0.25) is 0 Å². The van der Waals surface area contributed by atoms with Gasteiger partial charge in [0.2, 0.25) is 0 Å². The number of carbonyl (C=O) groups is 2. The first-order valence-corrected chi connectivity index (χ1v) is 10.6. The van der Waals surface area contributed by atoms with E-state index in [2.05, 4.69) is 0 Å². The quantitative estimate of drug-likeness (QED) is 0.470. The van der Waals surface area contributed by atoms with Crippen LogP contribution in [0.15, 0.2) is 33.5 Å². The van der Waals surface area contributed by atoms with Crippen molar-refractivity contribution in [2.45, 2.75) is 72.2 Å². The third-order valence-electron chi connectivity index (χ3n) is 5.07. The lowest BCUT2D eigenvalue weighted by Crippen LogP contribution is -2.46. The molecule has 1 unspecified atom stereocenters. The van der Waals surface area contributed by atoms with Gasteiger partial charge >= 0.3 is 17.6 Å². The highest BCUT2D eigenvalue weighted by Gasteiger charge is 2.50. The molecule has 0 bridgehead atoms. The Bertz CT molecular complexity index is 1030. The van der Waals surface area contributed by atoms with Crippen LogP contribution in [-0.4, -0.2) is 23.6 Å². The molecule has 7 nitrogen and oxygen atoms in total. The number of carbonyl (C=O) groups excluding carboxylic acids is 2. The Morgan fingerprint density at radius 3 is 2.26 bits per heavy atom. The van der Waals surface area contributed by atoms with Crippen molar-refractivity contribution >= 4 is 22.9 Å². The normalized spacial score (nSPS) is 18.2. The number of benzene rings is 1. The van der Waals surface area contributed by atoms with Gasteiger partial charge in [-0.3, -0.25) is 9.59 Å². The van der Waals surface area contributed by atoms with Crippen LogP contribution in [0.3, 0.4) is 0 Å². The summed E-state index contributed by atoms with van der Waals surface area (Å²) in [6, 6.07) is 6.49. The minimum absolute atomic E-state index is 0.107. The van der Waals surface area contributed by atoms with E-state index in [4.69, 9.17) is 18.6 Å². The standard InChI is InChI=1S/C24H30O7/c1-13(2)11-18(26)30-22-20-16(9-7-15-8-10-17(25)29-21(15)20)28-23(22)24(5,6)31-19(27)12-14(3)4/h7-10,13-14,22-23H,11-12H2,1-6H3/t22?,23-/m0/s1. The molecule has 0 amide bonds. The zero-order valence-electron chi connectivity index (χ0n) is 18.9. The van der Waals surface area contributed by atoms with Gasteiger partial charge in [-0.05, 0) is 43.9 Å². The van der Waals surface area contributed by atoms with Gasteiger partial charge in [0.05, 0.1) is 5.56 Å². The Morgan fingerprint density at radius 2 is 1.61 bits per heavy atom. The Hall–Kier alpha value is -2.83. The van der Waals surface area contributed by atoms with Gasteiger partial charge in [-0.15, -0.1) is 0 Å². The summed E-state index contributed by atoms with van der Waals surface area (Å²) in [4.78, 5) is 36.9. The van der Waals surface area contributed by atoms with Gasteiger partial charge < -0.3 is 18.6 Å². The molecule has 7 heteroatoms. The molecule has 2 atom stereocenters. The zero-order valence-corrected chi connectivity index (χ0v) is 18.9. The van der Waals surface area contributed by atoms with Crippen LogP contribution < -0.4 is 10.4 Å². The second-order valence-corrected chi connectivity index (χ2v) is 9.37. The van der Waals surface area contributed by atoms with E-state index in [1.165, 1.54) is 6.07 Å². The van der Waals surface area contributed by atoms with E-state index < -0.39 is 29.4 Å². The molecule has 168 valence electrons. The number of hydrogen-bond acceptors (Lipinski definition) is 7. The molecule has 0 saturated carbocycles. The lowest BCUT2D eigenvalue weighted by Gasteiger charge is -2.34. The fourth-order valence-corrected chi connectivity index (χ4v) is 3.73. The van der Waals surface area contributed by atoms with Gasteiger partial charge in [0.15, 0.2) is 12.2 Å². The first-order chi connectivity index (χ1) is 14.5. The lowest BCUT2D eigenvalue weighted by atomic mass is 9.93. The molecular formula is C24H30O7. The van der Waals surface area contributed by atoms with E-state index in [1.54, 1.807) is 32.0 Å². The van der Waals surface area contributed by atoms with Crippen LogP contribution >= 0.6 is 0 Å². The van der Waals surface area contributed by atoms with Crippen LogP contribution in [0.4, 0.5) is 0 Å². The predicted octanol–water partition coefficient (Wildman–Crippen LogP) is 4.55. The average molecular weight is 430 g/mol. The van der Waals surface area contributed by atoms with Gasteiger partial charge in [0.25, 0.3) is 0 Å². The molecule has 0 saturated heterocycles. The molecule has 1 aromatic carbocycles. The summed E-state index contributed by atoms with van der Waals surface area (Å²) in [5, 5.41) is 0.683. The first-order valence-electron chi connectivity index (χ1n) is 10.6. The molecule has 2 aromatic rings. The Kier molecular flexibility index (Phi) is 6.43. The van der Waals surface area contributed by atoms with E-state index in [0.29, 0.717) is 22.3 Å². The van der Waals surface area contributed by atoms with Gasteiger partial charge in [-0.2, -0.15) is 0 Å². The van der Waals surface area contributed by atoms with Crippen molar-refractivity contribution in [3.63, 3.8) is 0 Å². The largest absolute Gasteiger partial charge is 0.481 e.